The fraction of sp³-hybridized carbons (Fsp3) is 0.800. The van der Waals surface area contributed by atoms with Crippen LogP contribution in [0.15, 0.2) is 24.8 Å². The highest BCUT2D eigenvalue weighted by Gasteiger charge is 2.40. The molecule has 148 valence electrons. The first-order valence-corrected chi connectivity index (χ1v) is 15.2. The van der Waals surface area contributed by atoms with Crippen molar-refractivity contribution in [2.24, 2.45) is 0 Å². The van der Waals surface area contributed by atoms with E-state index in [1.54, 1.807) is 6.08 Å². The molecule has 1 N–H and O–H groups in total. The van der Waals surface area contributed by atoms with Crippen molar-refractivity contribution in [1.82, 2.24) is 0 Å². The van der Waals surface area contributed by atoms with Crippen molar-refractivity contribution in [2.45, 2.75) is 96.4 Å². The molecule has 0 unspecified atom stereocenters. The van der Waals surface area contributed by atoms with E-state index in [0.717, 1.165) is 6.42 Å². The highest BCUT2D eigenvalue weighted by Crippen LogP contribution is 2.38. The van der Waals surface area contributed by atoms with Crippen LogP contribution in [0.5, 0.6) is 0 Å². The van der Waals surface area contributed by atoms with Crippen molar-refractivity contribution < 1.29 is 14.0 Å². The van der Waals surface area contributed by atoms with Gasteiger partial charge in [0.1, 0.15) is 6.10 Å². The van der Waals surface area contributed by atoms with Gasteiger partial charge in [-0.1, -0.05) is 59.8 Å². The van der Waals surface area contributed by atoms with Gasteiger partial charge < -0.3 is 14.0 Å². The minimum absolute atomic E-state index is 0.103. The highest BCUT2D eigenvalue weighted by atomic mass is 28.4. The first kappa shape index (κ1) is 24.8. The second-order valence-corrected chi connectivity index (χ2v) is 19.5. The molecule has 5 heteroatoms. The van der Waals surface area contributed by atoms with Crippen LogP contribution in [0.3, 0.4) is 0 Å². The summed E-state index contributed by atoms with van der Waals surface area (Å²) in [5.41, 5.74) is 0. The standard InChI is InChI=1S/C20H42O3Si2/c1-12-17(21)18(23-25(10,11)20(5,6)7)15-13-14-16-22-24(8,9)19(2,3)4/h12-13,15,17-18,21H,1,14,16H2,2-11H3/b15-13-/t17-,18-/m0/s1. The van der Waals surface area contributed by atoms with Crippen LogP contribution in [0.4, 0.5) is 0 Å². The molecule has 0 aliphatic rings. The Labute approximate surface area is 158 Å². The van der Waals surface area contributed by atoms with Crippen LogP contribution in [0, 0.1) is 0 Å². The molecule has 0 spiro atoms. The van der Waals surface area contributed by atoms with E-state index in [2.05, 4.69) is 80.4 Å². The van der Waals surface area contributed by atoms with Crippen molar-refractivity contribution in [2.75, 3.05) is 6.61 Å². The van der Waals surface area contributed by atoms with Gasteiger partial charge in [-0.15, -0.1) is 6.58 Å². The predicted octanol–water partition coefficient (Wildman–Crippen LogP) is 5.89. The van der Waals surface area contributed by atoms with Gasteiger partial charge in [0.15, 0.2) is 16.6 Å². The number of hydrogen-bond acceptors (Lipinski definition) is 3. The Balaban J connectivity index is 4.80. The molecule has 0 radical (unpaired) electrons. The zero-order chi connectivity index (χ0) is 20.1. The van der Waals surface area contributed by atoms with E-state index in [-0.39, 0.29) is 16.2 Å². The van der Waals surface area contributed by atoms with Gasteiger partial charge in [-0.2, -0.15) is 0 Å². The first-order chi connectivity index (χ1) is 11.0. The maximum absolute atomic E-state index is 10.2. The summed E-state index contributed by atoms with van der Waals surface area (Å²) in [5, 5.41) is 10.6. The molecule has 0 heterocycles. The minimum atomic E-state index is -1.95. The fourth-order valence-electron chi connectivity index (χ4n) is 1.70. The molecule has 0 saturated carbocycles. The largest absolute Gasteiger partial charge is 0.417 e. The van der Waals surface area contributed by atoms with Gasteiger partial charge >= 0.3 is 0 Å². The summed E-state index contributed by atoms with van der Waals surface area (Å²) in [7, 11) is -3.65. The summed E-state index contributed by atoms with van der Waals surface area (Å²) in [6.45, 7) is 26.7. The lowest BCUT2D eigenvalue weighted by atomic mass is 10.2. The fourth-order valence-corrected chi connectivity index (χ4v) is 4.02. The lowest BCUT2D eigenvalue weighted by Gasteiger charge is -2.39. The molecular weight excluding hydrogens is 344 g/mol. The third-order valence-corrected chi connectivity index (χ3v) is 14.7. The van der Waals surface area contributed by atoms with Gasteiger partial charge in [0.25, 0.3) is 0 Å². The van der Waals surface area contributed by atoms with Crippen LogP contribution >= 0.6 is 0 Å². The SMILES string of the molecule is C=C[C@H](O)[C@H](/C=C\CCO[Si](C)(C)C(C)(C)C)O[Si](C)(C)C(C)(C)C. The molecule has 2 atom stereocenters. The first-order valence-electron chi connectivity index (χ1n) is 9.34. The van der Waals surface area contributed by atoms with Crippen molar-refractivity contribution >= 4 is 16.6 Å². The molecule has 0 aromatic carbocycles. The van der Waals surface area contributed by atoms with E-state index in [4.69, 9.17) is 8.85 Å². The minimum Gasteiger partial charge on any atom is -0.417 e. The summed E-state index contributed by atoms with van der Waals surface area (Å²) in [4.78, 5) is 0. The lowest BCUT2D eigenvalue weighted by molar-refractivity contribution is 0.0874. The van der Waals surface area contributed by atoms with Crippen LogP contribution in [-0.2, 0) is 8.85 Å². The Kier molecular flexibility index (Phi) is 9.06. The molecule has 0 rings (SSSR count). The molecule has 0 aromatic heterocycles. The third-order valence-electron chi connectivity index (χ3n) is 5.69. The number of aliphatic hydroxyl groups excluding tert-OH is 1. The molecule has 25 heavy (non-hydrogen) atoms. The van der Waals surface area contributed by atoms with Crippen LogP contribution in [0.1, 0.15) is 48.0 Å². The van der Waals surface area contributed by atoms with Crippen LogP contribution < -0.4 is 0 Å². The lowest BCUT2D eigenvalue weighted by Crippen LogP contribution is -2.46. The van der Waals surface area contributed by atoms with Crippen LogP contribution in [-0.4, -0.2) is 40.6 Å². The summed E-state index contributed by atoms with van der Waals surface area (Å²) in [5.74, 6) is 0. The molecule has 3 nitrogen and oxygen atoms in total. The van der Waals surface area contributed by atoms with Gasteiger partial charge in [0.05, 0.1) is 6.10 Å². The average Bonchev–Trinajstić information content (AvgIpc) is 2.42. The Morgan fingerprint density at radius 2 is 1.44 bits per heavy atom. The predicted molar refractivity (Wildman–Crippen MR) is 115 cm³/mol. The average molecular weight is 387 g/mol. The summed E-state index contributed by atoms with van der Waals surface area (Å²) in [6, 6.07) is 0. The van der Waals surface area contributed by atoms with Crippen molar-refractivity contribution in [1.29, 1.82) is 0 Å². The summed E-state index contributed by atoms with van der Waals surface area (Å²) >= 11 is 0. The Morgan fingerprint density at radius 3 is 1.84 bits per heavy atom. The molecule has 0 aliphatic carbocycles. The van der Waals surface area contributed by atoms with Crippen molar-refractivity contribution in [3.8, 4) is 0 Å². The zero-order valence-electron chi connectivity index (χ0n) is 18.3. The van der Waals surface area contributed by atoms with E-state index >= 15 is 0 Å². The van der Waals surface area contributed by atoms with Gasteiger partial charge in [-0.25, -0.2) is 0 Å². The Morgan fingerprint density at radius 1 is 0.960 bits per heavy atom. The number of aliphatic hydroxyl groups is 1. The second kappa shape index (κ2) is 9.13. The van der Waals surface area contributed by atoms with E-state index in [9.17, 15) is 5.11 Å². The van der Waals surface area contributed by atoms with Crippen molar-refractivity contribution in [3.05, 3.63) is 24.8 Å². The van der Waals surface area contributed by atoms with Crippen LogP contribution in [0.2, 0.25) is 36.3 Å². The molecular formula is C20H42O3Si2. The Hall–Kier alpha value is -0.206. The van der Waals surface area contributed by atoms with Crippen LogP contribution in [0.25, 0.3) is 0 Å². The van der Waals surface area contributed by atoms with E-state index < -0.39 is 22.7 Å². The quantitative estimate of drug-likeness (QED) is 0.305. The Bertz CT molecular complexity index is 443. The summed E-state index contributed by atoms with van der Waals surface area (Å²) < 4.78 is 12.5. The second-order valence-electron chi connectivity index (χ2n) is 9.89. The summed E-state index contributed by atoms with van der Waals surface area (Å²) in [6.07, 6.45) is 5.39. The molecule has 0 aromatic rings. The third kappa shape index (κ3) is 7.91. The molecule has 0 aliphatic heterocycles. The zero-order valence-corrected chi connectivity index (χ0v) is 20.3. The normalized spacial score (nSPS) is 16.9. The van der Waals surface area contributed by atoms with Gasteiger partial charge in [0.2, 0.25) is 0 Å². The van der Waals surface area contributed by atoms with Gasteiger partial charge in [-0.05, 0) is 42.7 Å². The van der Waals surface area contributed by atoms with E-state index in [1.807, 2.05) is 6.08 Å². The highest BCUT2D eigenvalue weighted by molar-refractivity contribution is 6.74. The molecule has 0 fully saturated rings. The number of rotatable bonds is 9. The van der Waals surface area contributed by atoms with E-state index in [1.165, 1.54) is 0 Å². The van der Waals surface area contributed by atoms with E-state index in [0.29, 0.717) is 6.61 Å². The molecule has 0 saturated heterocycles. The van der Waals surface area contributed by atoms with Gasteiger partial charge in [-0.3, -0.25) is 0 Å². The monoisotopic (exact) mass is 386 g/mol. The molecule has 0 bridgehead atoms. The maximum atomic E-state index is 10.2. The maximum Gasteiger partial charge on any atom is 0.193 e. The molecule has 0 amide bonds. The van der Waals surface area contributed by atoms with Gasteiger partial charge in [0, 0.05) is 6.61 Å². The number of hydrogen-bond donors (Lipinski definition) is 1. The smallest absolute Gasteiger partial charge is 0.193 e. The van der Waals surface area contributed by atoms with Crippen molar-refractivity contribution in [3.63, 3.8) is 0 Å². The topological polar surface area (TPSA) is 38.7 Å².